The third-order valence-electron chi connectivity index (χ3n) is 1.28. The Bertz CT molecular complexity index is 112. The van der Waals surface area contributed by atoms with Crippen LogP contribution in [-0.4, -0.2) is 24.6 Å². The number of aliphatic hydroxyl groups excluding tert-OH is 1. The van der Waals surface area contributed by atoms with E-state index in [1.165, 1.54) is 6.26 Å². The molecule has 0 amide bonds. The summed E-state index contributed by atoms with van der Waals surface area (Å²) in [6.07, 6.45) is 4.54. The van der Waals surface area contributed by atoms with Crippen molar-refractivity contribution in [3.05, 3.63) is 12.3 Å². The van der Waals surface area contributed by atoms with Gasteiger partial charge in [0.1, 0.15) is 6.61 Å². The van der Waals surface area contributed by atoms with Gasteiger partial charge in [-0.25, -0.2) is 0 Å². The van der Waals surface area contributed by atoms with E-state index in [-0.39, 0.29) is 6.61 Å². The van der Waals surface area contributed by atoms with Crippen LogP contribution in [0, 0.1) is 0 Å². The van der Waals surface area contributed by atoms with Crippen LogP contribution in [0.15, 0.2) is 12.3 Å². The lowest BCUT2D eigenvalue weighted by Gasteiger charge is -2.10. The molecule has 0 heterocycles. The summed E-state index contributed by atoms with van der Waals surface area (Å²) in [4.78, 5) is 0. The predicted molar refractivity (Wildman–Crippen MR) is 47.6 cm³/mol. The summed E-state index contributed by atoms with van der Waals surface area (Å²) in [5.74, 6) is 0. The molecule has 3 heteroatoms. The number of hydrogen-bond donors (Lipinski definition) is 1. The number of aliphatic hydroxyl groups is 1. The molecule has 72 valence electrons. The monoisotopic (exact) mass is 174 g/mol. The Kier molecular flexibility index (Phi) is 8.17. The van der Waals surface area contributed by atoms with Gasteiger partial charge in [-0.2, -0.15) is 0 Å². The van der Waals surface area contributed by atoms with Crippen molar-refractivity contribution in [2.75, 3.05) is 13.2 Å². The van der Waals surface area contributed by atoms with E-state index < -0.39 is 6.29 Å². The number of unbranched alkanes of at least 4 members (excludes halogenated alkanes) is 1. The summed E-state index contributed by atoms with van der Waals surface area (Å²) in [6.45, 7) is 4.72. The van der Waals surface area contributed by atoms with Crippen molar-refractivity contribution in [3.63, 3.8) is 0 Å². The van der Waals surface area contributed by atoms with Crippen LogP contribution in [0.25, 0.3) is 0 Å². The number of hydrogen-bond acceptors (Lipinski definition) is 3. The first kappa shape index (κ1) is 11.5. The van der Waals surface area contributed by atoms with E-state index in [0.717, 1.165) is 12.8 Å². The van der Waals surface area contributed by atoms with Crippen molar-refractivity contribution in [1.82, 2.24) is 0 Å². The molecule has 12 heavy (non-hydrogen) atoms. The summed E-state index contributed by atoms with van der Waals surface area (Å²) >= 11 is 0. The van der Waals surface area contributed by atoms with Crippen LogP contribution in [-0.2, 0) is 9.47 Å². The smallest absolute Gasteiger partial charge is 0.189 e. The highest BCUT2D eigenvalue weighted by Gasteiger charge is 2.01. The first-order chi connectivity index (χ1) is 5.81. The third kappa shape index (κ3) is 7.57. The van der Waals surface area contributed by atoms with Crippen molar-refractivity contribution in [2.24, 2.45) is 0 Å². The van der Waals surface area contributed by atoms with Crippen molar-refractivity contribution < 1.29 is 14.6 Å². The Labute approximate surface area is 74.0 Å². The van der Waals surface area contributed by atoms with Crippen LogP contribution in [0.1, 0.15) is 26.7 Å². The highest BCUT2D eigenvalue weighted by Crippen LogP contribution is 1.93. The summed E-state index contributed by atoms with van der Waals surface area (Å²) in [5, 5.41) is 9.12. The Hall–Kier alpha value is -0.540. The van der Waals surface area contributed by atoms with E-state index in [1.807, 2.05) is 6.92 Å². The molecule has 0 aliphatic rings. The molecule has 0 fully saturated rings. The topological polar surface area (TPSA) is 38.7 Å². The average molecular weight is 174 g/mol. The minimum atomic E-state index is -0.798. The van der Waals surface area contributed by atoms with E-state index in [1.54, 1.807) is 6.08 Å². The molecule has 3 nitrogen and oxygen atoms in total. The summed E-state index contributed by atoms with van der Waals surface area (Å²) < 4.78 is 9.95. The summed E-state index contributed by atoms with van der Waals surface area (Å²) in [7, 11) is 0. The second-order valence-electron chi connectivity index (χ2n) is 2.48. The van der Waals surface area contributed by atoms with E-state index in [0.29, 0.717) is 6.61 Å². The second-order valence-corrected chi connectivity index (χ2v) is 2.48. The fraction of sp³-hybridized carbons (Fsp3) is 0.778. The fourth-order valence-electron chi connectivity index (χ4n) is 0.646. The van der Waals surface area contributed by atoms with Crippen LogP contribution >= 0.6 is 0 Å². The van der Waals surface area contributed by atoms with Gasteiger partial charge in [-0.1, -0.05) is 19.4 Å². The molecule has 0 aliphatic heterocycles. The van der Waals surface area contributed by atoms with Crippen LogP contribution < -0.4 is 0 Å². The molecular weight excluding hydrogens is 156 g/mol. The van der Waals surface area contributed by atoms with Gasteiger partial charge in [0.15, 0.2) is 6.29 Å². The molecule has 0 bridgehead atoms. The van der Waals surface area contributed by atoms with E-state index in [9.17, 15) is 0 Å². The lowest BCUT2D eigenvalue weighted by atomic mass is 10.4. The molecule has 0 rings (SSSR count). The van der Waals surface area contributed by atoms with Gasteiger partial charge in [0.05, 0.1) is 6.26 Å². The Balaban J connectivity index is 3.15. The Morgan fingerprint density at radius 2 is 2.25 bits per heavy atom. The fourth-order valence-corrected chi connectivity index (χ4v) is 0.646. The second kappa shape index (κ2) is 8.56. The van der Waals surface area contributed by atoms with Gasteiger partial charge in [0.2, 0.25) is 0 Å². The zero-order valence-electron chi connectivity index (χ0n) is 7.82. The maximum Gasteiger partial charge on any atom is 0.189 e. The molecule has 0 aromatic rings. The zero-order valence-corrected chi connectivity index (χ0v) is 7.82. The minimum Gasteiger partial charge on any atom is -0.496 e. The quantitative estimate of drug-likeness (QED) is 0.362. The number of ether oxygens (including phenoxy) is 2. The van der Waals surface area contributed by atoms with E-state index >= 15 is 0 Å². The first-order valence-electron chi connectivity index (χ1n) is 4.33. The van der Waals surface area contributed by atoms with Gasteiger partial charge in [-0.3, -0.25) is 0 Å². The van der Waals surface area contributed by atoms with Gasteiger partial charge >= 0.3 is 0 Å². The maximum atomic E-state index is 9.12. The maximum absolute atomic E-state index is 9.12. The van der Waals surface area contributed by atoms with Gasteiger partial charge in [0, 0.05) is 6.61 Å². The van der Waals surface area contributed by atoms with Crippen LogP contribution in [0.4, 0.5) is 0 Å². The molecule has 0 spiro atoms. The molecule has 0 aromatic carbocycles. The van der Waals surface area contributed by atoms with Crippen LogP contribution in [0.3, 0.4) is 0 Å². The lowest BCUT2D eigenvalue weighted by molar-refractivity contribution is -0.126. The van der Waals surface area contributed by atoms with Crippen molar-refractivity contribution in [3.8, 4) is 0 Å². The zero-order chi connectivity index (χ0) is 9.23. The van der Waals surface area contributed by atoms with Crippen molar-refractivity contribution in [2.45, 2.75) is 33.0 Å². The highest BCUT2D eigenvalue weighted by molar-refractivity contribution is 4.65. The Morgan fingerprint density at radius 3 is 2.83 bits per heavy atom. The van der Waals surface area contributed by atoms with Gasteiger partial charge < -0.3 is 14.6 Å². The summed E-state index contributed by atoms with van der Waals surface area (Å²) in [6, 6.07) is 0. The van der Waals surface area contributed by atoms with E-state index in [4.69, 9.17) is 14.6 Å². The molecule has 1 N–H and O–H groups in total. The lowest BCUT2D eigenvalue weighted by Crippen LogP contribution is -2.18. The summed E-state index contributed by atoms with van der Waals surface area (Å²) in [5.41, 5.74) is 0. The van der Waals surface area contributed by atoms with Crippen molar-refractivity contribution >= 4 is 0 Å². The van der Waals surface area contributed by atoms with Gasteiger partial charge in [-0.05, 0) is 13.3 Å². The number of rotatable bonds is 7. The molecule has 1 unspecified atom stereocenters. The van der Waals surface area contributed by atoms with Gasteiger partial charge in [-0.15, -0.1) is 0 Å². The normalized spacial score (nSPS) is 13.6. The Morgan fingerprint density at radius 1 is 1.50 bits per heavy atom. The molecular formula is C9H18O3. The molecule has 1 atom stereocenters. The molecule has 0 saturated heterocycles. The minimum absolute atomic E-state index is 0.202. The van der Waals surface area contributed by atoms with Gasteiger partial charge in [0.25, 0.3) is 0 Å². The average Bonchev–Trinajstić information content (AvgIpc) is 2.06. The predicted octanol–water partition coefficient (Wildman–Crippen LogP) is 1.67. The largest absolute Gasteiger partial charge is 0.496 e. The van der Waals surface area contributed by atoms with Crippen LogP contribution in [0.5, 0.6) is 0 Å². The SMILES string of the molecule is C/C=C/OCC(O)OCCCC. The number of allylic oxidation sites excluding steroid dienone is 1. The highest BCUT2D eigenvalue weighted by atomic mass is 16.6. The molecule has 0 aromatic heterocycles. The van der Waals surface area contributed by atoms with E-state index in [2.05, 4.69) is 6.92 Å². The first-order valence-corrected chi connectivity index (χ1v) is 4.33. The van der Waals surface area contributed by atoms with Crippen molar-refractivity contribution in [1.29, 1.82) is 0 Å². The molecule has 0 radical (unpaired) electrons. The van der Waals surface area contributed by atoms with Crippen LogP contribution in [0.2, 0.25) is 0 Å². The third-order valence-corrected chi connectivity index (χ3v) is 1.28. The molecule has 0 saturated carbocycles. The standard InChI is InChI=1S/C9H18O3/c1-3-5-7-12-9(10)8-11-6-4-2/h4,6,9-10H,3,5,7-8H2,1-2H3/b6-4+. The molecule has 0 aliphatic carbocycles.